The van der Waals surface area contributed by atoms with Crippen molar-refractivity contribution in [1.82, 2.24) is 15.5 Å². The molecule has 24 heavy (non-hydrogen) atoms. The second-order valence-corrected chi connectivity index (χ2v) is 6.97. The van der Waals surface area contributed by atoms with Gasteiger partial charge in [0.05, 0.1) is 12.2 Å². The van der Waals surface area contributed by atoms with E-state index in [-0.39, 0.29) is 18.3 Å². The van der Waals surface area contributed by atoms with Crippen LogP contribution in [0.25, 0.3) is 0 Å². The van der Waals surface area contributed by atoms with Gasteiger partial charge in [-0.25, -0.2) is 9.18 Å². The Hall–Kier alpha value is -2.15. The van der Waals surface area contributed by atoms with Crippen LogP contribution in [0.3, 0.4) is 0 Å². The number of amides is 3. The highest BCUT2D eigenvalue weighted by molar-refractivity contribution is 5.95. The Morgan fingerprint density at radius 2 is 1.75 bits per heavy atom. The Kier molecular flexibility index (Phi) is 5.77. The van der Waals surface area contributed by atoms with Gasteiger partial charge in [-0.15, -0.1) is 0 Å². The largest absolute Gasteiger partial charge is 0.367 e. The van der Waals surface area contributed by atoms with Crippen LogP contribution < -0.4 is 15.5 Å². The van der Waals surface area contributed by atoms with Crippen molar-refractivity contribution < 1.29 is 14.0 Å². The van der Waals surface area contributed by atoms with Crippen molar-refractivity contribution >= 4 is 17.6 Å². The third-order valence-electron chi connectivity index (χ3n) is 3.67. The summed E-state index contributed by atoms with van der Waals surface area (Å²) in [6.45, 7) is 8.26. The average molecular weight is 336 g/mol. The lowest BCUT2D eigenvalue weighted by Crippen LogP contribution is -2.53. The van der Waals surface area contributed by atoms with E-state index in [9.17, 15) is 14.0 Å². The topological polar surface area (TPSA) is 64.7 Å². The summed E-state index contributed by atoms with van der Waals surface area (Å²) in [5.74, 6) is -0.571. The van der Waals surface area contributed by atoms with Crippen LogP contribution in [0, 0.1) is 5.82 Å². The second-order valence-electron chi connectivity index (χ2n) is 6.97. The zero-order valence-corrected chi connectivity index (χ0v) is 14.4. The first kappa shape index (κ1) is 18.2. The molecule has 0 bridgehead atoms. The van der Waals surface area contributed by atoms with Gasteiger partial charge in [-0.3, -0.25) is 15.0 Å². The molecule has 0 saturated carbocycles. The lowest BCUT2D eigenvalue weighted by atomic mass is 10.1. The Balaban J connectivity index is 1.78. The number of piperazine rings is 1. The maximum absolute atomic E-state index is 13.8. The zero-order valence-electron chi connectivity index (χ0n) is 14.4. The fourth-order valence-corrected chi connectivity index (χ4v) is 2.60. The zero-order chi connectivity index (χ0) is 17.7. The number of halogens is 1. The summed E-state index contributed by atoms with van der Waals surface area (Å²) in [5.41, 5.74) is 0.196. The van der Waals surface area contributed by atoms with E-state index in [1.165, 1.54) is 6.07 Å². The van der Waals surface area contributed by atoms with Crippen molar-refractivity contribution in [2.45, 2.75) is 26.3 Å². The summed E-state index contributed by atoms with van der Waals surface area (Å²) in [4.78, 5) is 27.5. The van der Waals surface area contributed by atoms with Gasteiger partial charge in [0.2, 0.25) is 5.91 Å². The minimum Gasteiger partial charge on any atom is -0.367 e. The molecule has 6 nitrogen and oxygen atoms in total. The van der Waals surface area contributed by atoms with E-state index in [4.69, 9.17) is 0 Å². The molecule has 0 unspecified atom stereocenters. The van der Waals surface area contributed by atoms with Crippen LogP contribution >= 0.6 is 0 Å². The van der Waals surface area contributed by atoms with Crippen molar-refractivity contribution in [3.63, 3.8) is 0 Å². The standard InChI is InChI=1S/C17H25FN4O2/c1-17(2,3)20-16(24)19-15(23)12-21-8-10-22(11-9-21)14-7-5-4-6-13(14)18/h4-7H,8-12H2,1-3H3,(H2,19,20,23,24). The molecule has 2 N–H and O–H groups in total. The van der Waals surface area contributed by atoms with Crippen LogP contribution in [-0.2, 0) is 4.79 Å². The number of para-hydroxylation sites is 1. The second kappa shape index (κ2) is 7.61. The summed E-state index contributed by atoms with van der Waals surface area (Å²) in [6, 6.07) is 6.20. The van der Waals surface area contributed by atoms with Crippen LogP contribution in [0.2, 0.25) is 0 Å². The first-order valence-electron chi connectivity index (χ1n) is 8.08. The molecule has 3 amide bonds. The number of rotatable bonds is 3. The highest BCUT2D eigenvalue weighted by atomic mass is 19.1. The molecule has 0 spiro atoms. The molecular weight excluding hydrogens is 311 g/mol. The summed E-state index contributed by atoms with van der Waals surface area (Å²) in [5, 5.41) is 5.01. The molecule has 1 aliphatic heterocycles. The normalized spacial score (nSPS) is 15.9. The number of nitrogens with one attached hydrogen (secondary N) is 2. The Morgan fingerprint density at radius 1 is 1.12 bits per heavy atom. The van der Waals surface area contributed by atoms with Crippen molar-refractivity contribution in [3.05, 3.63) is 30.1 Å². The van der Waals surface area contributed by atoms with Crippen LogP contribution in [0.1, 0.15) is 20.8 Å². The third-order valence-corrected chi connectivity index (χ3v) is 3.67. The van der Waals surface area contributed by atoms with Crippen LogP contribution in [0.15, 0.2) is 24.3 Å². The van der Waals surface area contributed by atoms with Crippen LogP contribution in [0.5, 0.6) is 0 Å². The Bertz CT molecular complexity index is 592. The molecule has 1 aromatic carbocycles. The van der Waals surface area contributed by atoms with E-state index in [0.717, 1.165) is 0 Å². The fraction of sp³-hybridized carbons (Fsp3) is 0.529. The molecule has 0 radical (unpaired) electrons. The van der Waals surface area contributed by atoms with E-state index < -0.39 is 11.6 Å². The maximum Gasteiger partial charge on any atom is 0.321 e. The summed E-state index contributed by atoms with van der Waals surface area (Å²) in [7, 11) is 0. The number of carbonyl (C=O) groups excluding carboxylic acids is 2. The molecule has 1 aromatic rings. The molecule has 0 atom stereocenters. The lowest BCUT2D eigenvalue weighted by Gasteiger charge is -2.35. The molecule has 0 aliphatic carbocycles. The van der Waals surface area contributed by atoms with Gasteiger partial charge in [-0.1, -0.05) is 12.1 Å². The van der Waals surface area contributed by atoms with E-state index in [1.807, 2.05) is 36.6 Å². The molecule has 0 aromatic heterocycles. The van der Waals surface area contributed by atoms with Gasteiger partial charge < -0.3 is 10.2 Å². The number of nitrogens with zero attached hydrogens (tertiary/aromatic N) is 2. The van der Waals surface area contributed by atoms with Crippen molar-refractivity contribution in [2.24, 2.45) is 0 Å². The van der Waals surface area contributed by atoms with Crippen molar-refractivity contribution in [3.8, 4) is 0 Å². The summed E-state index contributed by atoms with van der Waals surface area (Å²) in [6.07, 6.45) is 0. The Morgan fingerprint density at radius 3 is 2.33 bits per heavy atom. The lowest BCUT2D eigenvalue weighted by molar-refractivity contribution is -0.121. The van der Waals surface area contributed by atoms with Gasteiger partial charge in [-0.05, 0) is 32.9 Å². The molecule has 132 valence electrons. The predicted octanol–water partition coefficient (Wildman–Crippen LogP) is 1.57. The van der Waals surface area contributed by atoms with Gasteiger partial charge in [0, 0.05) is 31.7 Å². The monoisotopic (exact) mass is 336 g/mol. The quantitative estimate of drug-likeness (QED) is 0.879. The number of carbonyl (C=O) groups is 2. The number of benzene rings is 1. The summed E-state index contributed by atoms with van der Waals surface area (Å²) >= 11 is 0. The van der Waals surface area contributed by atoms with E-state index in [2.05, 4.69) is 10.6 Å². The molecule has 1 saturated heterocycles. The van der Waals surface area contributed by atoms with Gasteiger partial charge in [-0.2, -0.15) is 0 Å². The molecular formula is C17H25FN4O2. The van der Waals surface area contributed by atoms with E-state index in [1.54, 1.807) is 12.1 Å². The smallest absolute Gasteiger partial charge is 0.321 e. The van der Waals surface area contributed by atoms with E-state index >= 15 is 0 Å². The SMILES string of the molecule is CC(C)(C)NC(=O)NC(=O)CN1CCN(c2ccccc2F)CC1. The third kappa shape index (κ3) is 5.49. The molecule has 1 aliphatic rings. The predicted molar refractivity (Wildman–Crippen MR) is 91.5 cm³/mol. The molecule has 1 heterocycles. The van der Waals surface area contributed by atoms with Crippen LogP contribution in [0.4, 0.5) is 14.9 Å². The number of anilines is 1. The van der Waals surface area contributed by atoms with Crippen LogP contribution in [-0.4, -0.2) is 55.1 Å². The number of urea groups is 1. The van der Waals surface area contributed by atoms with Gasteiger partial charge in [0.25, 0.3) is 0 Å². The molecule has 7 heteroatoms. The summed E-state index contributed by atoms with van der Waals surface area (Å²) < 4.78 is 13.8. The first-order valence-corrected chi connectivity index (χ1v) is 8.08. The average Bonchev–Trinajstić information content (AvgIpc) is 2.46. The maximum atomic E-state index is 13.8. The van der Waals surface area contributed by atoms with Gasteiger partial charge >= 0.3 is 6.03 Å². The van der Waals surface area contributed by atoms with Crippen molar-refractivity contribution in [1.29, 1.82) is 0 Å². The van der Waals surface area contributed by atoms with E-state index in [0.29, 0.717) is 31.9 Å². The first-order chi connectivity index (χ1) is 11.2. The highest BCUT2D eigenvalue weighted by Crippen LogP contribution is 2.19. The molecule has 1 fully saturated rings. The highest BCUT2D eigenvalue weighted by Gasteiger charge is 2.22. The van der Waals surface area contributed by atoms with Crippen molar-refractivity contribution in [2.75, 3.05) is 37.6 Å². The number of imide groups is 1. The minimum absolute atomic E-state index is 0.155. The Labute approximate surface area is 142 Å². The minimum atomic E-state index is -0.488. The number of hydrogen-bond acceptors (Lipinski definition) is 4. The molecule has 2 rings (SSSR count). The van der Waals surface area contributed by atoms with Gasteiger partial charge in [0.1, 0.15) is 5.82 Å². The fourth-order valence-electron chi connectivity index (χ4n) is 2.60. The number of hydrogen-bond donors (Lipinski definition) is 2. The van der Waals surface area contributed by atoms with Gasteiger partial charge in [0.15, 0.2) is 0 Å².